The third-order valence-electron chi connectivity index (χ3n) is 3.21. The Morgan fingerprint density at radius 3 is 2.53 bits per heavy atom. The van der Waals surface area contributed by atoms with Crippen molar-refractivity contribution in [2.45, 2.75) is 59.1 Å². The number of aromatic nitrogens is 2. The summed E-state index contributed by atoms with van der Waals surface area (Å²) >= 11 is 0. The second kappa shape index (κ2) is 7.01. The zero-order valence-corrected chi connectivity index (χ0v) is 13.0. The van der Waals surface area contributed by atoms with E-state index in [0.29, 0.717) is 17.8 Å². The van der Waals surface area contributed by atoms with Crippen LogP contribution < -0.4 is 5.32 Å². The quantitative estimate of drug-likeness (QED) is 0.824. The Morgan fingerprint density at radius 2 is 2.05 bits per heavy atom. The lowest BCUT2D eigenvalue weighted by Crippen LogP contribution is -2.27. The van der Waals surface area contributed by atoms with Gasteiger partial charge in [0.05, 0.1) is 0 Å². The van der Waals surface area contributed by atoms with Crippen LogP contribution in [0.3, 0.4) is 0 Å². The molecule has 5 nitrogen and oxygen atoms in total. The summed E-state index contributed by atoms with van der Waals surface area (Å²) in [7, 11) is 3.64. The molecule has 110 valence electrons. The molecule has 5 heteroatoms. The minimum Gasteiger partial charge on any atom is -0.373 e. The molecule has 0 saturated heterocycles. The summed E-state index contributed by atoms with van der Waals surface area (Å²) in [6.45, 7) is 8.48. The van der Waals surface area contributed by atoms with Crippen LogP contribution in [0.25, 0.3) is 0 Å². The summed E-state index contributed by atoms with van der Waals surface area (Å²) < 4.78 is 10.8. The average Bonchev–Trinajstić information content (AvgIpc) is 2.75. The Labute approximate surface area is 116 Å². The lowest BCUT2D eigenvalue weighted by atomic mass is 9.88. The van der Waals surface area contributed by atoms with Crippen molar-refractivity contribution in [3.8, 4) is 0 Å². The molecule has 0 aliphatic carbocycles. The molecule has 0 radical (unpaired) electrons. The molecule has 2 unspecified atom stereocenters. The number of hydrogen-bond acceptors (Lipinski definition) is 5. The SMILES string of the molecule is CCCC(Cc1nc(C(OC)C(C)(C)C)no1)NC. The fourth-order valence-electron chi connectivity index (χ4n) is 2.21. The first-order valence-electron chi connectivity index (χ1n) is 6.94. The van der Waals surface area contributed by atoms with E-state index < -0.39 is 0 Å². The molecule has 2 atom stereocenters. The number of methoxy groups -OCH3 is 1. The third kappa shape index (κ3) is 4.58. The number of nitrogens with one attached hydrogen (secondary N) is 1. The van der Waals surface area contributed by atoms with E-state index in [0.717, 1.165) is 19.3 Å². The predicted octanol–water partition coefficient (Wildman–Crippen LogP) is 2.73. The Kier molecular flexibility index (Phi) is 5.94. The van der Waals surface area contributed by atoms with Gasteiger partial charge in [-0.1, -0.05) is 39.3 Å². The Hall–Kier alpha value is -0.940. The van der Waals surface area contributed by atoms with Crippen molar-refractivity contribution in [3.05, 3.63) is 11.7 Å². The maximum atomic E-state index is 5.49. The highest BCUT2D eigenvalue weighted by atomic mass is 16.5. The van der Waals surface area contributed by atoms with Gasteiger partial charge in [0.2, 0.25) is 11.7 Å². The van der Waals surface area contributed by atoms with Gasteiger partial charge >= 0.3 is 0 Å². The third-order valence-corrected chi connectivity index (χ3v) is 3.21. The molecule has 19 heavy (non-hydrogen) atoms. The number of ether oxygens (including phenoxy) is 1. The van der Waals surface area contributed by atoms with Crippen LogP contribution >= 0.6 is 0 Å². The van der Waals surface area contributed by atoms with Gasteiger partial charge in [-0.3, -0.25) is 0 Å². The highest BCUT2D eigenvalue weighted by molar-refractivity contribution is 4.97. The molecule has 0 bridgehead atoms. The first-order chi connectivity index (χ1) is 8.92. The first kappa shape index (κ1) is 16.1. The van der Waals surface area contributed by atoms with Crippen LogP contribution in [0.15, 0.2) is 4.52 Å². The summed E-state index contributed by atoms with van der Waals surface area (Å²) in [5, 5.41) is 7.34. The Morgan fingerprint density at radius 1 is 1.37 bits per heavy atom. The van der Waals surface area contributed by atoms with Gasteiger partial charge in [-0.05, 0) is 18.9 Å². The average molecular weight is 269 g/mol. The van der Waals surface area contributed by atoms with Crippen molar-refractivity contribution in [1.29, 1.82) is 0 Å². The zero-order chi connectivity index (χ0) is 14.5. The van der Waals surface area contributed by atoms with E-state index in [1.165, 1.54) is 0 Å². The van der Waals surface area contributed by atoms with E-state index in [4.69, 9.17) is 9.26 Å². The summed E-state index contributed by atoms with van der Waals surface area (Å²) in [5.41, 5.74) is -0.0538. The molecule has 0 aliphatic heterocycles. The predicted molar refractivity (Wildman–Crippen MR) is 75.0 cm³/mol. The van der Waals surface area contributed by atoms with Gasteiger partial charge in [0.1, 0.15) is 6.10 Å². The molecule has 1 aromatic heterocycles. The van der Waals surface area contributed by atoms with E-state index in [9.17, 15) is 0 Å². The number of nitrogens with zero attached hydrogens (tertiary/aromatic N) is 2. The fourth-order valence-corrected chi connectivity index (χ4v) is 2.21. The molecule has 0 saturated carbocycles. The molecule has 0 amide bonds. The second-order valence-electron chi connectivity index (χ2n) is 6.01. The standard InChI is InChI=1S/C14H27N3O2/c1-7-8-10(15-5)9-11-16-13(17-19-11)12(18-6)14(2,3)4/h10,12,15H,7-9H2,1-6H3. The van der Waals surface area contributed by atoms with Crippen LogP contribution in [0.2, 0.25) is 0 Å². The minimum absolute atomic E-state index is 0.0538. The molecular weight excluding hydrogens is 242 g/mol. The zero-order valence-electron chi connectivity index (χ0n) is 13.0. The van der Waals surface area contributed by atoms with Gasteiger partial charge in [0, 0.05) is 19.6 Å². The van der Waals surface area contributed by atoms with E-state index in [2.05, 4.69) is 43.2 Å². The molecule has 0 spiro atoms. The molecular formula is C14H27N3O2. The number of hydrogen-bond donors (Lipinski definition) is 1. The van der Waals surface area contributed by atoms with Crippen LogP contribution in [0, 0.1) is 5.41 Å². The lowest BCUT2D eigenvalue weighted by Gasteiger charge is -2.26. The van der Waals surface area contributed by atoms with Gasteiger partial charge in [0.25, 0.3) is 0 Å². The van der Waals surface area contributed by atoms with E-state index in [-0.39, 0.29) is 11.5 Å². The Balaban J connectivity index is 2.75. The maximum absolute atomic E-state index is 5.49. The number of likely N-dealkylation sites (N-methyl/N-ethyl adjacent to an activating group) is 1. The summed E-state index contributed by atoms with van der Waals surface area (Å²) in [4.78, 5) is 4.48. The molecule has 0 aliphatic rings. The van der Waals surface area contributed by atoms with Crippen LogP contribution in [0.4, 0.5) is 0 Å². The van der Waals surface area contributed by atoms with Crippen LogP contribution in [0.1, 0.15) is 58.4 Å². The van der Waals surface area contributed by atoms with Crippen molar-refractivity contribution in [2.24, 2.45) is 5.41 Å². The summed E-state index contributed by atoms with van der Waals surface area (Å²) in [5.74, 6) is 1.31. The highest BCUT2D eigenvalue weighted by Gasteiger charge is 2.30. The molecule has 0 aromatic carbocycles. The van der Waals surface area contributed by atoms with Gasteiger partial charge in [-0.25, -0.2) is 0 Å². The summed E-state index contributed by atoms with van der Waals surface area (Å²) in [6, 6.07) is 0.383. The van der Waals surface area contributed by atoms with Crippen LogP contribution in [0.5, 0.6) is 0 Å². The molecule has 1 aromatic rings. The topological polar surface area (TPSA) is 60.2 Å². The molecule has 1 rings (SSSR count). The van der Waals surface area contributed by atoms with Crippen molar-refractivity contribution in [2.75, 3.05) is 14.2 Å². The normalized spacial score (nSPS) is 15.5. The van der Waals surface area contributed by atoms with Crippen molar-refractivity contribution in [1.82, 2.24) is 15.5 Å². The highest BCUT2D eigenvalue weighted by Crippen LogP contribution is 2.33. The monoisotopic (exact) mass is 269 g/mol. The number of rotatable bonds is 7. The van der Waals surface area contributed by atoms with Crippen LogP contribution in [-0.4, -0.2) is 30.3 Å². The Bertz CT molecular complexity index is 371. The van der Waals surface area contributed by atoms with Gasteiger partial charge in [-0.15, -0.1) is 0 Å². The summed E-state index contributed by atoms with van der Waals surface area (Å²) in [6.07, 6.45) is 2.85. The van der Waals surface area contributed by atoms with Crippen molar-refractivity contribution < 1.29 is 9.26 Å². The van der Waals surface area contributed by atoms with Crippen molar-refractivity contribution in [3.63, 3.8) is 0 Å². The molecule has 1 N–H and O–H groups in total. The van der Waals surface area contributed by atoms with E-state index >= 15 is 0 Å². The second-order valence-corrected chi connectivity index (χ2v) is 6.01. The molecule has 0 fully saturated rings. The lowest BCUT2D eigenvalue weighted by molar-refractivity contribution is 0.00718. The van der Waals surface area contributed by atoms with Crippen molar-refractivity contribution >= 4 is 0 Å². The maximum Gasteiger partial charge on any atom is 0.228 e. The van der Waals surface area contributed by atoms with E-state index in [1.807, 2.05) is 7.05 Å². The smallest absolute Gasteiger partial charge is 0.228 e. The first-order valence-corrected chi connectivity index (χ1v) is 6.94. The van der Waals surface area contributed by atoms with E-state index in [1.54, 1.807) is 7.11 Å². The van der Waals surface area contributed by atoms with Gasteiger partial charge in [0.15, 0.2) is 0 Å². The van der Waals surface area contributed by atoms with Gasteiger partial charge < -0.3 is 14.6 Å². The largest absolute Gasteiger partial charge is 0.373 e. The molecule has 1 heterocycles. The minimum atomic E-state index is -0.149. The van der Waals surface area contributed by atoms with Crippen LogP contribution in [-0.2, 0) is 11.2 Å². The van der Waals surface area contributed by atoms with Gasteiger partial charge in [-0.2, -0.15) is 4.98 Å². The fraction of sp³-hybridized carbons (Fsp3) is 0.857.